The summed E-state index contributed by atoms with van der Waals surface area (Å²) >= 11 is 5.51. The van der Waals surface area contributed by atoms with Gasteiger partial charge < -0.3 is 4.90 Å². The Hall–Kier alpha value is -0.890. The average molecular weight is 219 g/mol. The number of likely N-dealkylation sites (N-methyl/N-ethyl adjacent to an activating group) is 1. The third-order valence-corrected chi connectivity index (χ3v) is 3.71. The van der Waals surface area contributed by atoms with Crippen LogP contribution in [-0.2, 0) is 0 Å². The molecule has 1 aromatic carbocycles. The Morgan fingerprint density at radius 3 is 2.80 bits per heavy atom. The summed E-state index contributed by atoms with van der Waals surface area (Å²) in [5.74, 6) is 0.473. The molecule has 0 radical (unpaired) electrons. The fourth-order valence-electron chi connectivity index (χ4n) is 2.26. The SMILES string of the molecule is CCCCC1C(=S)N(C)c2ccccc21. The molecule has 1 aromatic rings. The minimum atomic E-state index is 0.473. The van der Waals surface area contributed by atoms with Crippen LogP contribution in [0.1, 0.15) is 37.7 Å². The maximum Gasteiger partial charge on any atom is 0.0897 e. The van der Waals surface area contributed by atoms with Gasteiger partial charge >= 0.3 is 0 Å². The number of nitrogens with zero attached hydrogens (tertiary/aromatic N) is 1. The molecular weight excluding hydrogens is 202 g/mol. The van der Waals surface area contributed by atoms with Crippen LogP contribution in [0.25, 0.3) is 0 Å². The highest BCUT2D eigenvalue weighted by Gasteiger charge is 2.30. The van der Waals surface area contributed by atoms with Gasteiger partial charge in [-0.15, -0.1) is 0 Å². The second kappa shape index (κ2) is 4.31. The predicted octanol–water partition coefficient (Wildman–Crippen LogP) is 3.74. The first-order chi connectivity index (χ1) is 7.25. The van der Waals surface area contributed by atoms with Gasteiger partial charge in [-0.2, -0.15) is 0 Å². The van der Waals surface area contributed by atoms with Crippen molar-refractivity contribution in [1.82, 2.24) is 0 Å². The summed E-state index contributed by atoms with van der Waals surface area (Å²) in [4.78, 5) is 3.25. The van der Waals surface area contributed by atoms with E-state index in [0.29, 0.717) is 5.92 Å². The minimum absolute atomic E-state index is 0.473. The van der Waals surface area contributed by atoms with Crippen LogP contribution < -0.4 is 4.90 Å². The normalized spacial score (nSPS) is 19.5. The molecule has 15 heavy (non-hydrogen) atoms. The highest BCUT2D eigenvalue weighted by atomic mass is 32.1. The maximum absolute atomic E-state index is 5.51. The third kappa shape index (κ3) is 1.78. The summed E-state index contributed by atoms with van der Waals surface area (Å²) in [5.41, 5.74) is 2.71. The molecule has 0 aromatic heterocycles. The average Bonchev–Trinajstić information content (AvgIpc) is 2.51. The second-order valence-electron chi connectivity index (χ2n) is 4.15. The zero-order valence-corrected chi connectivity index (χ0v) is 10.2. The molecule has 1 heterocycles. The van der Waals surface area contributed by atoms with E-state index in [4.69, 9.17) is 12.2 Å². The highest BCUT2D eigenvalue weighted by Crippen LogP contribution is 2.39. The highest BCUT2D eigenvalue weighted by molar-refractivity contribution is 7.80. The monoisotopic (exact) mass is 219 g/mol. The lowest BCUT2D eigenvalue weighted by Gasteiger charge is -2.14. The Morgan fingerprint density at radius 1 is 1.33 bits per heavy atom. The molecule has 0 aliphatic carbocycles. The van der Waals surface area contributed by atoms with Crippen molar-refractivity contribution < 1.29 is 0 Å². The van der Waals surface area contributed by atoms with Gasteiger partial charge in [-0.3, -0.25) is 0 Å². The van der Waals surface area contributed by atoms with Crippen molar-refractivity contribution in [3.8, 4) is 0 Å². The largest absolute Gasteiger partial charge is 0.338 e. The zero-order chi connectivity index (χ0) is 10.8. The van der Waals surface area contributed by atoms with Crippen molar-refractivity contribution in [1.29, 1.82) is 0 Å². The fraction of sp³-hybridized carbons (Fsp3) is 0.462. The molecule has 2 heteroatoms. The van der Waals surface area contributed by atoms with Gasteiger partial charge in [-0.25, -0.2) is 0 Å². The van der Waals surface area contributed by atoms with Crippen LogP contribution in [0, 0.1) is 0 Å². The smallest absolute Gasteiger partial charge is 0.0897 e. The third-order valence-electron chi connectivity index (χ3n) is 3.15. The fourth-order valence-corrected chi connectivity index (χ4v) is 2.60. The van der Waals surface area contributed by atoms with E-state index in [0.717, 1.165) is 4.99 Å². The Balaban J connectivity index is 2.30. The zero-order valence-electron chi connectivity index (χ0n) is 9.36. The molecule has 0 spiro atoms. The van der Waals surface area contributed by atoms with Gasteiger partial charge in [0.25, 0.3) is 0 Å². The topological polar surface area (TPSA) is 3.24 Å². The van der Waals surface area contributed by atoms with Crippen LogP contribution in [0.4, 0.5) is 5.69 Å². The van der Waals surface area contributed by atoms with Crippen LogP contribution in [0.5, 0.6) is 0 Å². The molecule has 1 atom stereocenters. The Bertz CT molecular complexity index is 373. The number of unbranched alkanes of at least 4 members (excludes halogenated alkanes) is 1. The Labute approximate surface area is 97.1 Å². The summed E-state index contributed by atoms with van der Waals surface area (Å²) in [6.45, 7) is 2.23. The van der Waals surface area contributed by atoms with Crippen molar-refractivity contribution in [3.05, 3.63) is 29.8 Å². The molecule has 0 fully saturated rings. The Kier molecular flexibility index (Phi) is 3.06. The van der Waals surface area contributed by atoms with Crippen molar-refractivity contribution in [2.24, 2.45) is 0 Å². The minimum Gasteiger partial charge on any atom is -0.338 e. The van der Waals surface area contributed by atoms with Gasteiger partial charge in [-0.05, 0) is 18.1 Å². The van der Waals surface area contributed by atoms with Gasteiger partial charge in [-0.1, -0.05) is 50.2 Å². The number of rotatable bonds is 3. The number of para-hydroxylation sites is 1. The molecule has 0 N–H and O–H groups in total. The number of hydrogen-bond donors (Lipinski definition) is 0. The van der Waals surface area contributed by atoms with Crippen molar-refractivity contribution in [2.45, 2.75) is 32.1 Å². The summed E-state index contributed by atoms with van der Waals surface area (Å²) < 4.78 is 0. The first kappa shape index (κ1) is 10.6. The first-order valence-corrected chi connectivity index (χ1v) is 6.03. The van der Waals surface area contributed by atoms with E-state index in [1.54, 1.807) is 0 Å². The molecule has 1 nitrogen and oxygen atoms in total. The molecule has 0 amide bonds. The summed E-state index contributed by atoms with van der Waals surface area (Å²) in [6.07, 6.45) is 3.69. The number of benzene rings is 1. The van der Waals surface area contributed by atoms with E-state index in [1.807, 2.05) is 0 Å². The number of fused-ring (bicyclic) bond motifs is 1. The number of hydrogen-bond acceptors (Lipinski definition) is 1. The molecule has 1 unspecified atom stereocenters. The van der Waals surface area contributed by atoms with Crippen molar-refractivity contribution in [2.75, 3.05) is 11.9 Å². The number of thiocarbonyl (C=S) groups is 1. The van der Waals surface area contributed by atoms with Gasteiger partial charge in [0.2, 0.25) is 0 Å². The molecule has 0 saturated carbocycles. The molecule has 80 valence electrons. The van der Waals surface area contributed by atoms with E-state index < -0.39 is 0 Å². The standard InChI is InChI=1S/C13H17NS/c1-3-4-7-11-10-8-5-6-9-12(10)14(2)13(11)15/h5-6,8-9,11H,3-4,7H2,1-2H3. The summed E-state index contributed by atoms with van der Waals surface area (Å²) in [6, 6.07) is 8.57. The molecule has 1 aliphatic rings. The van der Waals surface area contributed by atoms with Gasteiger partial charge in [0.15, 0.2) is 0 Å². The van der Waals surface area contributed by atoms with Gasteiger partial charge in [0.05, 0.1) is 4.99 Å². The molecule has 1 aliphatic heterocycles. The van der Waals surface area contributed by atoms with E-state index in [2.05, 4.69) is 43.1 Å². The van der Waals surface area contributed by atoms with E-state index in [-0.39, 0.29) is 0 Å². The summed E-state index contributed by atoms with van der Waals surface area (Å²) in [7, 11) is 2.08. The summed E-state index contributed by atoms with van der Waals surface area (Å²) in [5, 5.41) is 0. The predicted molar refractivity (Wildman–Crippen MR) is 69.7 cm³/mol. The quantitative estimate of drug-likeness (QED) is 0.712. The maximum atomic E-state index is 5.51. The van der Waals surface area contributed by atoms with Crippen LogP contribution in [0.3, 0.4) is 0 Å². The van der Waals surface area contributed by atoms with Crippen LogP contribution in [0.2, 0.25) is 0 Å². The van der Waals surface area contributed by atoms with Crippen molar-refractivity contribution in [3.63, 3.8) is 0 Å². The molecular formula is C13H17NS. The molecule has 0 saturated heterocycles. The second-order valence-corrected chi connectivity index (χ2v) is 4.57. The lowest BCUT2D eigenvalue weighted by Crippen LogP contribution is -2.21. The molecule has 0 bridgehead atoms. The Morgan fingerprint density at radius 2 is 2.07 bits per heavy atom. The first-order valence-electron chi connectivity index (χ1n) is 5.62. The van der Waals surface area contributed by atoms with Crippen molar-refractivity contribution >= 4 is 22.9 Å². The van der Waals surface area contributed by atoms with E-state index >= 15 is 0 Å². The lowest BCUT2D eigenvalue weighted by atomic mass is 9.96. The molecule has 2 rings (SSSR count). The van der Waals surface area contributed by atoms with Crippen LogP contribution in [-0.4, -0.2) is 12.0 Å². The number of anilines is 1. The van der Waals surface area contributed by atoms with E-state index in [1.165, 1.54) is 30.5 Å². The van der Waals surface area contributed by atoms with E-state index in [9.17, 15) is 0 Å². The lowest BCUT2D eigenvalue weighted by molar-refractivity contribution is 0.693. The van der Waals surface area contributed by atoms with Gasteiger partial charge in [0.1, 0.15) is 0 Å². The van der Waals surface area contributed by atoms with Gasteiger partial charge in [0, 0.05) is 18.7 Å². The van der Waals surface area contributed by atoms with Crippen LogP contribution >= 0.6 is 12.2 Å². The van der Waals surface area contributed by atoms with Crippen LogP contribution in [0.15, 0.2) is 24.3 Å².